The molecule has 0 fully saturated rings. The number of aromatic nitrogens is 1. The maximum absolute atomic E-state index is 9.97. The quantitative estimate of drug-likeness (QED) is 0.757. The highest BCUT2D eigenvalue weighted by atomic mass is 16.5. The third kappa shape index (κ3) is 3.23. The minimum absolute atomic E-state index is 0.193. The number of methoxy groups -OCH3 is 2. The fraction of sp³-hybridized carbons (Fsp3) is 0.250. The normalized spacial score (nSPS) is 10.8. The number of ether oxygens (including phenoxy) is 2. The largest absolute Gasteiger partial charge is 0.497 e. The predicted octanol–water partition coefficient (Wildman–Crippen LogP) is 4.13. The Hall–Kier alpha value is -2.79. The van der Waals surface area contributed by atoms with Gasteiger partial charge < -0.3 is 19.1 Å². The molecule has 1 aromatic heterocycles. The van der Waals surface area contributed by atoms with E-state index in [1.54, 1.807) is 20.3 Å². The Bertz CT molecular complexity index is 878. The number of aliphatic hydroxyl groups excluding tert-OH is 1. The number of benzene rings is 2. The van der Waals surface area contributed by atoms with Crippen LogP contribution in [-0.2, 0) is 6.61 Å². The summed E-state index contributed by atoms with van der Waals surface area (Å²) >= 11 is 0. The second kappa shape index (κ2) is 6.99. The summed E-state index contributed by atoms with van der Waals surface area (Å²) in [4.78, 5) is 0. The lowest BCUT2D eigenvalue weighted by Crippen LogP contribution is -1.94. The molecule has 1 N–H and O–H groups in total. The fourth-order valence-electron chi connectivity index (χ4n) is 3.00. The number of nitrogens with zero attached hydrogens (tertiary/aromatic N) is 1. The third-order valence-corrected chi connectivity index (χ3v) is 4.09. The van der Waals surface area contributed by atoms with E-state index in [2.05, 4.69) is 11.2 Å². The molecule has 1 heterocycles. The Morgan fingerprint density at radius 1 is 1.00 bits per heavy atom. The second-order valence-electron chi connectivity index (χ2n) is 5.94. The zero-order valence-electron chi connectivity index (χ0n) is 14.8. The SMILES string of the molecule is COc1ccc(OC)c(-c2noc(-c3cc(C)cc(C)c3)c2CO)c1. The maximum atomic E-state index is 9.97. The summed E-state index contributed by atoms with van der Waals surface area (Å²) in [5, 5.41) is 14.2. The van der Waals surface area contributed by atoms with E-state index in [9.17, 15) is 5.11 Å². The molecule has 0 bridgehead atoms. The van der Waals surface area contributed by atoms with Crippen LogP contribution in [0.2, 0.25) is 0 Å². The smallest absolute Gasteiger partial charge is 0.173 e. The number of aliphatic hydroxyl groups is 1. The van der Waals surface area contributed by atoms with Gasteiger partial charge in [-0.15, -0.1) is 0 Å². The van der Waals surface area contributed by atoms with Gasteiger partial charge in [-0.1, -0.05) is 22.3 Å². The summed E-state index contributed by atoms with van der Waals surface area (Å²) in [7, 11) is 3.19. The van der Waals surface area contributed by atoms with Gasteiger partial charge in [-0.25, -0.2) is 0 Å². The molecule has 3 aromatic rings. The van der Waals surface area contributed by atoms with Crippen LogP contribution in [0.5, 0.6) is 11.5 Å². The Balaban J connectivity index is 2.18. The molecule has 3 rings (SSSR count). The van der Waals surface area contributed by atoms with Crippen LogP contribution in [0.15, 0.2) is 40.9 Å². The van der Waals surface area contributed by atoms with Gasteiger partial charge >= 0.3 is 0 Å². The molecular formula is C20H21NO4. The molecule has 0 unspecified atom stereocenters. The van der Waals surface area contributed by atoms with Crippen molar-refractivity contribution in [1.82, 2.24) is 5.16 Å². The van der Waals surface area contributed by atoms with Crippen LogP contribution in [-0.4, -0.2) is 24.5 Å². The van der Waals surface area contributed by atoms with Crippen LogP contribution in [0.3, 0.4) is 0 Å². The highest BCUT2D eigenvalue weighted by Crippen LogP contribution is 2.38. The van der Waals surface area contributed by atoms with Crippen LogP contribution < -0.4 is 9.47 Å². The molecule has 2 aromatic carbocycles. The van der Waals surface area contributed by atoms with Crippen LogP contribution in [0.1, 0.15) is 16.7 Å². The molecule has 5 nitrogen and oxygen atoms in total. The number of hydrogen-bond acceptors (Lipinski definition) is 5. The van der Waals surface area contributed by atoms with E-state index in [1.807, 2.05) is 38.1 Å². The zero-order chi connectivity index (χ0) is 18.0. The average molecular weight is 339 g/mol. The van der Waals surface area contributed by atoms with Gasteiger partial charge in [0.2, 0.25) is 0 Å². The minimum atomic E-state index is -0.193. The molecular weight excluding hydrogens is 318 g/mol. The minimum Gasteiger partial charge on any atom is -0.497 e. The van der Waals surface area contributed by atoms with Crippen molar-refractivity contribution in [2.45, 2.75) is 20.5 Å². The van der Waals surface area contributed by atoms with E-state index < -0.39 is 0 Å². The maximum Gasteiger partial charge on any atom is 0.173 e. The summed E-state index contributed by atoms with van der Waals surface area (Å²) < 4.78 is 16.3. The lowest BCUT2D eigenvalue weighted by molar-refractivity contribution is 0.281. The molecule has 0 spiro atoms. The first-order chi connectivity index (χ1) is 12.1. The first-order valence-corrected chi connectivity index (χ1v) is 7.97. The predicted molar refractivity (Wildman–Crippen MR) is 95.9 cm³/mol. The van der Waals surface area contributed by atoms with Crippen LogP contribution >= 0.6 is 0 Å². The summed E-state index contributed by atoms with van der Waals surface area (Å²) in [5.41, 5.74) is 5.02. The van der Waals surface area contributed by atoms with Crippen molar-refractivity contribution in [2.75, 3.05) is 14.2 Å². The molecule has 0 saturated heterocycles. The van der Waals surface area contributed by atoms with Gasteiger partial charge in [-0.3, -0.25) is 0 Å². The topological polar surface area (TPSA) is 64.7 Å². The Kier molecular flexibility index (Phi) is 4.76. The summed E-state index contributed by atoms with van der Waals surface area (Å²) in [6, 6.07) is 11.6. The average Bonchev–Trinajstić information content (AvgIpc) is 3.04. The van der Waals surface area contributed by atoms with Crippen molar-refractivity contribution >= 4 is 0 Å². The van der Waals surface area contributed by atoms with E-state index in [1.165, 1.54) is 0 Å². The molecule has 5 heteroatoms. The Morgan fingerprint density at radius 3 is 2.32 bits per heavy atom. The Morgan fingerprint density at radius 2 is 1.72 bits per heavy atom. The fourth-order valence-corrected chi connectivity index (χ4v) is 3.00. The number of hydrogen-bond donors (Lipinski definition) is 1. The number of rotatable bonds is 5. The van der Waals surface area contributed by atoms with Gasteiger partial charge in [-0.05, 0) is 44.2 Å². The van der Waals surface area contributed by atoms with Crippen LogP contribution in [0, 0.1) is 13.8 Å². The van der Waals surface area contributed by atoms with Gasteiger partial charge in [0.1, 0.15) is 17.2 Å². The van der Waals surface area contributed by atoms with E-state index >= 15 is 0 Å². The van der Waals surface area contributed by atoms with Crippen molar-refractivity contribution in [1.29, 1.82) is 0 Å². The number of aryl methyl sites for hydroxylation is 2. The molecule has 25 heavy (non-hydrogen) atoms. The van der Waals surface area contributed by atoms with Gasteiger partial charge in [0.25, 0.3) is 0 Å². The van der Waals surface area contributed by atoms with Crippen molar-refractivity contribution in [3.63, 3.8) is 0 Å². The summed E-state index contributed by atoms with van der Waals surface area (Å²) in [6.45, 7) is 3.86. The first kappa shape index (κ1) is 17.0. The van der Waals surface area contributed by atoms with Crippen molar-refractivity contribution in [2.24, 2.45) is 0 Å². The lowest BCUT2D eigenvalue weighted by atomic mass is 9.99. The molecule has 0 saturated carbocycles. The van der Waals surface area contributed by atoms with Crippen molar-refractivity contribution in [3.05, 3.63) is 53.1 Å². The van der Waals surface area contributed by atoms with E-state index in [-0.39, 0.29) is 6.61 Å². The molecule has 0 aliphatic rings. The lowest BCUT2D eigenvalue weighted by Gasteiger charge is -2.09. The summed E-state index contributed by atoms with van der Waals surface area (Å²) in [6.07, 6.45) is 0. The van der Waals surface area contributed by atoms with Crippen molar-refractivity contribution in [3.8, 4) is 34.1 Å². The first-order valence-electron chi connectivity index (χ1n) is 7.97. The Labute approximate surface area is 146 Å². The molecule has 0 atom stereocenters. The standard InChI is InChI=1S/C20H21NO4/c1-12-7-13(2)9-14(8-12)20-17(11-22)19(21-25-20)16-10-15(23-3)5-6-18(16)24-4/h5-10,22H,11H2,1-4H3. The van der Waals surface area contributed by atoms with Crippen molar-refractivity contribution < 1.29 is 19.1 Å². The molecule has 0 radical (unpaired) electrons. The van der Waals surface area contributed by atoms with E-state index in [0.29, 0.717) is 34.1 Å². The van der Waals surface area contributed by atoms with E-state index in [4.69, 9.17) is 14.0 Å². The molecule has 0 amide bonds. The molecule has 0 aliphatic heterocycles. The highest BCUT2D eigenvalue weighted by molar-refractivity contribution is 5.77. The monoisotopic (exact) mass is 339 g/mol. The third-order valence-electron chi connectivity index (χ3n) is 4.09. The van der Waals surface area contributed by atoms with Gasteiger partial charge in [0, 0.05) is 11.1 Å². The van der Waals surface area contributed by atoms with Gasteiger partial charge in [0.05, 0.1) is 26.4 Å². The second-order valence-corrected chi connectivity index (χ2v) is 5.94. The van der Waals surface area contributed by atoms with Gasteiger partial charge in [0.15, 0.2) is 5.76 Å². The molecule has 0 aliphatic carbocycles. The highest BCUT2D eigenvalue weighted by Gasteiger charge is 2.21. The van der Waals surface area contributed by atoms with Crippen LogP contribution in [0.4, 0.5) is 0 Å². The molecule has 130 valence electrons. The van der Waals surface area contributed by atoms with E-state index in [0.717, 1.165) is 16.7 Å². The van der Waals surface area contributed by atoms with Crippen LogP contribution in [0.25, 0.3) is 22.6 Å². The zero-order valence-corrected chi connectivity index (χ0v) is 14.8. The summed E-state index contributed by atoms with van der Waals surface area (Å²) in [5.74, 6) is 1.88. The van der Waals surface area contributed by atoms with Gasteiger partial charge in [-0.2, -0.15) is 0 Å².